The summed E-state index contributed by atoms with van der Waals surface area (Å²) in [7, 11) is 0. The van der Waals surface area contributed by atoms with Gasteiger partial charge in [0.2, 0.25) is 0 Å². The SMILES string of the molecule is N#CC=C1C=Cc2ccc3occc3c21. The van der Waals surface area contributed by atoms with Gasteiger partial charge in [-0.25, -0.2) is 0 Å². The number of furan rings is 1. The maximum absolute atomic E-state index is 8.69. The molecule has 0 saturated heterocycles. The molecule has 3 rings (SSSR count). The molecule has 0 amide bonds. The van der Waals surface area contributed by atoms with Crippen LogP contribution in [0.5, 0.6) is 0 Å². The molecular weight excluding hydrogens is 186 g/mol. The highest BCUT2D eigenvalue weighted by Crippen LogP contribution is 2.35. The maximum atomic E-state index is 8.69. The van der Waals surface area contributed by atoms with Crippen LogP contribution in [0.3, 0.4) is 0 Å². The molecule has 2 heteroatoms. The van der Waals surface area contributed by atoms with Crippen molar-refractivity contribution in [3.63, 3.8) is 0 Å². The van der Waals surface area contributed by atoms with Crippen molar-refractivity contribution in [2.75, 3.05) is 0 Å². The highest BCUT2D eigenvalue weighted by atomic mass is 16.3. The van der Waals surface area contributed by atoms with Crippen molar-refractivity contribution in [2.45, 2.75) is 0 Å². The molecular formula is C13H7NO. The summed E-state index contributed by atoms with van der Waals surface area (Å²) in [4.78, 5) is 0. The first kappa shape index (κ1) is 8.07. The van der Waals surface area contributed by atoms with Crippen molar-refractivity contribution < 1.29 is 4.42 Å². The number of fused-ring (bicyclic) bond motifs is 3. The van der Waals surface area contributed by atoms with Gasteiger partial charge in [0.15, 0.2) is 0 Å². The highest BCUT2D eigenvalue weighted by Gasteiger charge is 2.14. The van der Waals surface area contributed by atoms with Gasteiger partial charge >= 0.3 is 0 Å². The number of hydrogen-bond acceptors (Lipinski definition) is 2. The van der Waals surface area contributed by atoms with Gasteiger partial charge in [-0.15, -0.1) is 0 Å². The zero-order valence-electron chi connectivity index (χ0n) is 7.90. The third-order valence-electron chi connectivity index (χ3n) is 2.62. The van der Waals surface area contributed by atoms with E-state index in [2.05, 4.69) is 6.07 Å². The molecule has 2 aromatic rings. The molecule has 0 unspecified atom stereocenters. The minimum absolute atomic E-state index is 0.862. The number of nitriles is 1. The lowest BCUT2D eigenvalue weighted by Gasteiger charge is -2.01. The molecule has 1 aromatic heterocycles. The summed E-state index contributed by atoms with van der Waals surface area (Å²) in [5.41, 5.74) is 4.06. The fourth-order valence-electron chi connectivity index (χ4n) is 1.97. The summed E-state index contributed by atoms with van der Waals surface area (Å²) in [5.74, 6) is 0. The Bertz CT molecular complexity index is 638. The third kappa shape index (κ3) is 1.04. The molecule has 0 N–H and O–H groups in total. The highest BCUT2D eigenvalue weighted by molar-refractivity contribution is 6.02. The second-order valence-corrected chi connectivity index (χ2v) is 3.42. The molecule has 1 aliphatic rings. The van der Waals surface area contributed by atoms with Crippen LogP contribution in [-0.4, -0.2) is 0 Å². The summed E-state index contributed by atoms with van der Waals surface area (Å²) in [6.07, 6.45) is 7.22. The Morgan fingerprint density at radius 2 is 2.13 bits per heavy atom. The zero-order valence-corrected chi connectivity index (χ0v) is 7.90. The maximum Gasteiger partial charge on any atom is 0.134 e. The number of benzene rings is 1. The lowest BCUT2D eigenvalue weighted by molar-refractivity contribution is 0.616. The van der Waals surface area contributed by atoms with Crippen molar-refractivity contribution in [1.82, 2.24) is 0 Å². The van der Waals surface area contributed by atoms with Crippen LogP contribution in [0.15, 0.2) is 41.0 Å². The Balaban J connectivity index is 2.41. The van der Waals surface area contributed by atoms with E-state index in [9.17, 15) is 0 Å². The molecule has 1 heterocycles. The Kier molecular flexibility index (Phi) is 1.54. The van der Waals surface area contributed by atoms with Crippen molar-refractivity contribution in [2.24, 2.45) is 0 Å². The number of hydrogen-bond donors (Lipinski definition) is 0. The molecule has 0 spiro atoms. The van der Waals surface area contributed by atoms with Crippen LogP contribution in [0.25, 0.3) is 22.6 Å². The topological polar surface area (TPSA) is 36.9 Å². The van der Waals surface area contributed by atoms with Gasteiger partial charge in [-0.3, -0.25) is 0 Å². The molecule has 0 radical (unpaired) electrons. The largest absolute Gasteiger partial charge is 0.464 e. The van der Waals surface area contributed by atoms with Crippen LogP contribution in [0.4, 0.5) is 0 Å². The van der Waals surface area contributed by atoms with E-state index in [1.54, 1.807) is 12.3 Å². The Morgan fingerprint density at radius 3 is 3.00 bits per heavy atom. The van der Waals surface area contributed by atoms with Crippen LogP contribution >= 0.6 is 0 Å². The minimum atomic E-state index is 0.862. The van der Waals surface area contributed by atoms with Crippen LogP contribution in [-0.2, 0) is 0 Å². The van der Waals surface area contributed by atoms with Crippen molar-refractivity contribution >= 4 is 22.6 Å². The van der Waals surface area contributed by atoms with Gasteiger partial charge in [0.05, 0.1) is 12.3 Å². The van der Waals surface area contributed by atoms with E-state index in [4.69, 9.17) is 9.68 Å². The second kappa shape index (κ2) is 2.86. The molecule has 0 atom stereocenters. The standard InChI is InChI=1S/C13H7NO/c14-7-5-10-2-1-9-3-4-12-11(13(9)10)6-8-15-12/h1-6,8H. The predicted octanol–water partition coefficient (Wildman–Crippen LogP) is 3.37. The Hall–Kier alpha value is -2.27. The molecule has 0 aliphatic heterocycles. The normalized spacial score (nSPS) is 15.8. The predicted molar refractivity (Wildman–Crippen MR) is 58.8 cm³/mol. The first-order valence-electron chi connectivity index (χ1n) is 4.68. The van der Waals surface area contributed by atoms with E-state index in [0.29, 0.717) is 0 Å². The number of nitrogens with zero attached hydrogens (tertiary/aromatic N) is 1. The van der Waals surface area contributed by atoms with E-state index in [1.807, 2.05) is 30.4 Å². The van der Waals surface area contributed by atoms with E-state index in [0.717, 1.165) is 27.7 Å². The Morgan fingerprint density at radius 1 is 1.20 bits per heavy atom. The molecule has 0 saturated carbocycles. The molecule has 0 fully saturated rings. The van der Waals surface area contributed by atoms with E-state index < -0.39 is 0 Å². The van der Waals surface area contributed by atoms with Gasteiger partial charge in [-0.05, 0) is 23.3 Å². The van der Waals surface area contributed by atoms with Gasteiger partial charge in [-0.2, -0.15) is 5.26 Å². The van der Waals surface area contributed by atoms with E-state index >= 15 is 0 Å². The number of allylic oxidation sites excluding steroid dienone is 3. The van der Waals surface area contributed by atoms with Crippen molar-refractivity contribution in [3.05, 3.63) is 47.7 Å². The zero-order chi connectivity index (χ0) is 10.3. The van der Waals surface area contributed by atoms with Gasteiger partial charge in [0, 0.05) is 17.0 Å². The van der Waals surface area contributed by atoms with Crippen LogP contribution in [0.1, 0.15) is 11.1 Å². The van der Waals surface area contributed by atoms with Gasteiger partial charge in [-0.1, -0.05) is 18.2 Å². The molecule has 2 nitrogen and oxygen atoms in total. The minimum Gasteiger partial charge on any atom is -0.464 e. The van der Waals surface area contributed by atoms with E-state index in [1.165, 1.54) is 0 Å². The summed E-state index contributed by atoms with van der Waals surface area (Å²) in [5, 5.41) is 9.76. The summed E-state index contributed by atoms with van der Waals surface area (Å²) in [6.45, 7) is 0. The lowest BCUT2D eigenvalue weighted by Crippen LogP contribution is -1.81. The summed E-state index contributed by atoms with van der Waals surface area (Å²) >= 11 is 0. The average Bonchev–Trinajstić information content (AvgIpc) is 2.83. The third-order valence-corrected chi connectivity index (χ3v) is 2.62. The first-order valence-corrected chi connectivity index (χ1v) is 4.68. The molecule has 15 heavy (non-hydrogen) atoms. The monoisotopic (exact) mass is 193 g/mol. The summed E-state index contributed by atoms with van der Waals surface area (Å²) < 4.78 is 5.33. The molecule has 1 aliphatic carbocycles. The summed E-state index contributed by atoms with van der Waals surface area (Å²) in [6, 6.07) is 7.96. The van der Waals surface area contributed by atoms with E-state index in [-0.39, 0.29) is 0 Å². The van der Waals surface area contributed by atoms with Gasteiger partial charge < -0.3 is 4.42 Å². The fraction of sp³-hybridized carbons (Fsp3) is 0. The van der Waals surface area contributed by atoms with Gasteiger partial charge in [0.25, 0.3) is 0 Å². The van der Waals surface area contributed by atoms with Crippen molar-refractivity contribution in [3.8, 4) is 6.07 Å². The lowest BCUT2D eigenvalue weighted by atomic mass is 10.0. The van der Waals surface area contributed by atoms with Crippen LogP contribution in [0, 0.1) is 11.3 Å². The quantitative estimate of drug-likeness (QED) is 0.601. The molecule has 0 bridgehead atoms. The Labute approximate surface area is 86.7 Å². The smallest absolute Gasteiger partial charge is 0.134 e. The van der Waals surface area contributed by atoms with Crippen LogP contribution < -0.4 is 0 Å². The molecule has 70 valence electrons. The first-order chi connectivity index (χ1) is 7.40. The van der Waals surface area contributed by atoms with Gasteiger partial charge in [0.1, 0.15) is 5.58 Å². The van der Waals surface area contributed by atoms with Crippen LogP contribution in [0.2, 0.25) is 0 Å². The average molecular weight is 193 g/mol. The van der Waals surface area contributed by atoms with Crippen molar-refractivity contribution in [1.29, 1.82) is 5.26 Å². The fourth-order valence-corrected chi connectivity index (χ4v) is 1.97. The molecule has 1 aromatic carbocycles. The number of rotatable bonds is 0. The second-order valence-electron chi connectivity index (χ2n) is 3.42.